The molecular weight excluding hydrogens is 126 g/mol. The first-order valence-electron chi connectivity index (χ1n) is 2.04. The summed E-state index contributed by atoms with van der Waals surface area (Å²) in [7, 11) is -1.00. The smallest absolute Gasteiger partial charge is 0.169 e. The van der Waals surface area contributed by atoms with Crippen LogP contribution in [0.3, 0.4) is 0 Å². The molecule has 1 atom stereocenters. The first-order valence-corrected chi connectivity index (χ1v) is 3.60. The molecule has 0 aliphatic carbocycles. The van der Waals surface area contributed by atoms with Gasteiger partial charge in [-0.2, -0.15) is 0 Å². The van der Waals surface area contributed by atoms with E-state index in [9.17, 15) is 4.21 Å². The molecular formula is C4H5NO2S. The topological polar surface area (TPSA) is 43.1 Å². The van der Waals surface area contributed by atoms with Gasteiger partial charge in [0, 0.05) is 12.3 Å². The first-order chi connectivity index (χ1) is 3.80. The third-order valence-corrected chi connectivity index (χ3v) is 1.51. The monoisotopic (exact) mass is 131 g/mol. The van der Waals surface area contributed by atoms with Crippen LogP contribution in [0.4, 0.5) is 0 Å². The van der Waals surface area contributed by atoms with Crippen LogP contribution >= 0.6 is 0 Å². The van der Waals surface area contributed by atoms with E-state index in [1.807, 2.05) is 0 Å². The minimum atomic E-state index is -1.00. The molecule has 44 valence electrons. The van der Waals surface area contributed by atoms with Crippen LogP contribution in [0.15, 0.2) is 21.9 Å². The Morgan fingerprint density at radius 2 is 2.62 bits per heavy atom. The molecule has 1 aromatic heterocycles. The van der Waals surface area contributed by atoms with Crippen molar-refractivity contribution < 1.29 is 8.73 Å². The Kier molecular flexibility index (Phi) is 1.43. The van der Waals surface area contributed by atoms with Crippen molar-refractivity contribution >= 4 is 10.8 Å². The Balaban J connectivity index is 2.93. The predicted octanol–water partition coefficient (Wildman–Crippen LogP) is 0.412. The molecule has 1 unspecified atom stereocenters. The van der Waals surface area contributed by atoms with E-state index < -0.39 is 10.8 Å². The molecule has 8 heavy (non-hydrogen) atoms. The SMILES string of the molecule is CS(=O)c1ccon1. The highest BCUT2D eigenvalue weighted by Gasteiger charge is 1.96. The fourth-order valence-electron chi connectivity index (χ4n) is 0.350. The molecule has 0 saturated heterocycles. The van der Waals surface area contributed by atoms with Crippen molar-refractivity contribution in [2.24, 2.45) is 0 Å². The quantitative estimate of drug-likeness (QED) is 0.554. The van der Waals surface area contributed by atoms with E-state index in [4.69, 9.17) is 0 Å². The third kappa shape index (κ3) is 0.949. The van der Waals surface area contributed by atoms with E-state index >= 15 is 0 Å². The molecule has 4 heteroatoms. The molecule has 0 fully saturated rings. The summed E-state index contributed by atoms with van der Waals surface area (Å²) in [6, 6.07) is 1.58. The lowest BCUT2D eigenvalue weighted by Gasteiger charge is -1.78. The minimum absolute atomic E-state index is 0.491. The lowest BCUT2D eigenvalue weighted by Crippen LogP contribution is -1.84. The summed E-state index contributed by atoms with van der Waals surface area (Å²) in [6.07, 6.45) is 2.95. The van der Waals surface area contributed by atoms with Crippen LogP contribution in [-0.4, -0.2) is 15.6 Å². The fraction of sp³-hybridized carbons (Fsp3) is 0.250. The molecule has 0 spiro atoms. The van der Waals surface area contributed by atoms with Crippen molar-refractivity contribution in [3.8, 4) is 0 Å². The first kappa shape index (κ1) is 5.50. The molecule has 1 heterocycles. The van der Waals surface area contributed by atoms with Crippen molar-refractivity contribution in [3.05, 3.63) is 12.3 Å². The molecule has 1 rings (SSSR count). The zero-order valence-electron chi connectivity index (χ0n) is 4.33. The van der Waals surface area contributed by atoms with E-state index in [1.54, 1.807) is 12.3 Å². The standard InChI is InChI=1S/C4H5NO2S/c1-8(6)4-2-3-7-5-4/h2-3H,1H3. The Morgan fingerprint density at radius 1 is 1.88 bits per heavy atom. The summed E-state index contributed by atoms with van der Waals surface area (Å²) in [5.74, 6) is 0. The molecule has 0 aromatic carbocycles. The lowest BCUT2D eigenvalue weighted by atomic mass is 10.8. The second kappa shape index (κ2) is 2.09. The third-order valence-electron chi connectivity index (χ3n) is 0.709. The van der Waals surface area contributed by atoms with Gasteiger partial charge < -0.3 is 4.52 Å². The number of rotatable bonds is 1. The van der Waals surface area contributed by atoms with Gasteiger partial charge in [0.25, 0.3) is 0 Å². The highest BCUT2D eigenvalue weighted by Crippen LogP contribution is 1.97. The summed E-state index contributed by atoms with van der Waals surface area (Å²) in [6.45, 7) is 0. The van der Waals surface area contributed by atoms with Crippen molar-refractivity contribution in [3.63, 3.8) is 0 Å². The molecule has 3 nitrogen and oxygen atoms in total. The van der Waals surface area contributed by atoms with E-state index in [-0.39, 0.29) is 0 Å². The van der Waals surface area contributed by atoms with Crippen LogP contribution in [0.25, 0.3) is 0 Å². The summed E-state index contributed by atoms with van der Waals surface area (Å²) in [4.78, 5) is 0. The predicted molar refractivity (Wildman–Crippen MR) is 28.8 cm³/mol. The number of nitrogens with zero attached hydrogens (tertiary/aromatic N) is 1. The van der Waals surface area contributed by atoms with Gasteiger partial charge in [0.2, 0.25) is 0 Å². The zero-order chi connectivity index (χ0) is 5.98. The van der Waals surface area contributed by atoms with Crippen LogP contribution in [0, 0.1) is 0 Å². The molecule has 0 amide bonds. The van der Waals surface area contributed by atoms with Gasteiger partial charge in [0.05, 0.1) is 10.8 Å². The fourth-order valence-corrected chi connectivity index (χ4v) is 0.745. The van der Waals surface area contributed by atoms with E-state index in [1.165, 1.54) is 6.26 Å². The van der Waals surface area contributed by atoms with Gasteiger partial charge in [-0.3, -0.25) is 4.21 Å². The lowest BCUT2D eigenvalue weighted by molar-refractivity contribution is 0.403. The maximum absolute atomic E-state index is 10.5. The van der Waals surface area contributed by atoms with E-state index in [2.05, 4.69) is 9.68 Å². The van der Waals surface area contributed by atoms with Gasteiger partial charge in [0.1, 0.15) is 6.26 Å². The highest BCUT2D eigenvalue weighted by atomic mass is 32.2. The summed E-state index contributed by atoms with van der Waals surface area (Å²) in [5.41, 5.74) is 0. The zero-order valence-corrected chi connectivity index (χ0v) is 5.14. The van der Waals surface area contributed by atoms with Crippen molar-refractivity contribution in [2.75, 3.05) is 6.26 Å². The van der Waals surface area contributed by atoms with E-state index in [0.29, 0.717) is 5.03 Å². The normalized spacial score (nSPS) is 13.6. The molecule has 0 bridgehead atoms. The summed E-state index contributed by atoms with van der Waals surface area (Å²) >= 11 is 0. The molecule has 0 aliphatic rings. The second-order valence-corrected chi connectivity index (χ2v) is 2.62. The Bertz CT molecular complexity index is 182. The van der Waals surface area contributed by atoms with Crippen LogP contribution in [0.1, 0.15) is 0 Å². The highest BCUT2D eigenvalue weighted by molar-refractivity contribution is 7.84. The van der Waals surface area contributed by atoms with Crippen LogP contribution in [-0.2, 0) is 10.8 Å². The van der Waals surface area contributed by atoms with Gasteiger partial charge in [0.15, 0.2) is 5.03 Å². The van der Waals surface area contributed by atoms with Gasteiger partial charge in [-0.25, -0.2) is 0 Å². The van der Waals surface area contributed by atoms with Crippen LogP contribution in [0.2, 0.25) is 0 Å². The van der Waals surface area contributed by atoms with Gasteiger partial charge >= 0.3 is 0 Å². The second-order valence-electron chi connectivity index (χ2n) is 1.29. The van der Waals surface area contributed by atoms with Crippen molar-refractivity contribution in [1.29, 1.82) is 0 Å². The van der Waals surface area contributed by atoms with Gasteiger partial charge in [-0.1, -0.05) is 5.16 Å². The number of hydrogen-bond donors (Lipinski definition) is 0. The maximum atomic E-state index is 10.5. The number of aromatic nitrogens is 1. The average molecular weight is 131 g/mol. The molecule has 0 N–H and O–H groups in total. The van der Waals surface area contributed by atoms with E-state index in [0.717, 1.165) is 0 Å². The largest absolute Gasteiger partial charge is 0.364 e. The van der Waals surface area contributed by atoms with Crippen LogP contribution < -0.4 is 0 Å². The molecule has 1 aromatic rings. The minimum Gasteiger partial charge on any atom is -0.364 e. The number of hydrogen-bond acceptors (Lipinski definition) is 3. The van der Waals surface area contributed by atoms with Gasteiger partial charge in [-0.05, 0) is 0 Å². The summed E-state index contributed by atoms with van der Waals surface area (Å²) < 4.78 is 14.9. The van der Waals surface area contributed by atoms with Crippen molar-refractivity contribution in [2.45, 2.75) is 5.03 Å². The Morgan fingerprint density at radius 3 is 2.88 bits per heavy atom. The van der Waals surface area contributed by atoms with Gasteiger partial charge in [-0.15, -0.1) is 0 Å². The van der Waals surface area contributed by atoms with Crippen molar-refractivity contribution in [1.82, 2.24) is 5.16 Å². The maximum Gasteiger partial charge on any atom is 0.169 e. The average Bonchev–Trinajstić information content (AvgIpc) is 2.12. The Labute approximate surface area is 49.1 Å². The van der Waals surface area contributed by atoms with Crippen LogP contribution in [0.5, 0.6) is 0 Å². The molecule has 0 aliphatic heterocycles. The molecule has 0 saturated carbocycles. The Hall–Kier alpha value is -0.640. The molecule has 0 radical (unpaired) electrons. The summed E-state index contributed by atoms with van der Waals surface area (Å²) in [5, 5.41) is 3.93.